The van der Waals surface area contributed by atoms with E-state index >= 15 is 0 Å². The van der Waals surface area contributed by atoms with Crippen LogP contribution in [-0.4, -0.2) is 21.5 Å². The lowest BCUT2D eigenvalue weighted by Gasteiger charge is -2.08. The Morgan fingerprint density at radius 2 is 2.32 bits per heavy atom. The summed E-state index contributed by atoms with van der Waals surface area (Å²) in [7, 11) is 0. The van der Waals surface area contributed by atoms with Gasteiger partial charge in [0, 0.05) is 18.2 Å². The van der Waals surface area contributed by atoms with Crippen LogP contribution in [0.5, 0.6) is 0 Å². The van der Waals surface area contributed by atoms with E-state index in [0.717, 1.165) is 36.1 Å². The predicted molar refractivity (Wildman–Crippen MR) is 74.7 cm³/mol. The third-order valence-corrected chi connectivity index (χ3v) is 3.41. The minimum atomic E-state index is 0.0633. The van der Waals surface area contributed by atoms with Gasteiger partial charge in [-0.15, -0.1) is 0 Å². The average molecular weight is 258 g/mol. The molecule has 1 aliphatic carbocycles. The molecule has 0 radical (unpaired) electrons. The van der Waals surface area contributed by atoms with Crippen LogP contribution in [0.2, 0.25) is 0 Å². The van der Waals surface area contributed by atoms with E-state index in [1.807, 2.05) is 29.7 Å². The van der Waals surface area contributed by atoms with E-state index in [9.17, 15) is 4.79 Å². The molecule has 3 N–H and O–H groups in total. The third-order valence-electron chi connectivity index (χ3n) is 3.41. The van der Waals surface area contributed by atoms with Crippen molar-refractivity contribution in [3.05, 3.63) is 24.0 Å². The maximum atomic E-state index is 12.0. The summed E-state index contributed by atoms with van der Waals surface area (Å²) in [6.07, 6.45) is 3.01. The van der Waals surface area contributed by atoms with E-state index in [-0.39, 0.29) is 5.91 Å². The van der Waals surface area contributed by atoms with Crippen molar-refractivity contribution in [1.82, 2.24) is 14.9 Å². The predicted octanol–water partition coefficient (Wildman–Crippen LogP) is 1.46. The number of amides is 1. The quantitative estimate of drug-likeness (QED) is 0.815. The number of anilines is 1. The summed E-state index contributed by atoms with van der Waals surface area (Å²) in [6.45, 7) is 2.37. The van der Waals surface area contributed by atoms with Crippen molar-refractivity contribution in [2.24, 2.45) is 0 Å². The van der Waals surface area contributed by atoms with Gasteiger partial charge >= 0.3 is 0 Å². The highest BCUT2D eigenvalue weighted by atomic mass is 16.2. The zero-order chi connectivity index (χ0) is 13.4. The lowest BCUT2D eigenvalue weighted by Crippen LogP contribution is -2.29. The maximum absolute atomic E-state index is 12.0. The molecule has 1 heterocycles. The van der Waals surface area contributed by atoms with Crippen LogP contribution in [0, 0.1) is 0 Å². The molecule has 0 spiro atoms. The smallest absolute Gasteiger partial charge is 0.240 e. The molecule has 0 bridgehead atoms. The Labute approximate surface area is 111 Å². The van der Waals surface area contributed by atoms with Crippen molar-refractivity contribution in [3.8, 4) is 0 Å². The summed E-state index contributed by atoms with van der Waals surface area (Å²) in [5, 5.41) is 3.01. The number of imidazole rings is 1. The number of hydrogen-bond acceptors (Lipinski definition) is 3. The molecule has 0 unspecified atom stereocenters. The van der Waals surface area contributed by atoms with E-state index in [2.05, 4.69) is 10.3 Å². The van der Waals surface area contributed by atoms with Gasteiger partial charge in [0.05, 0.1) is 11.0 Å². The zero-order valence-corrected chi connectivity index (χ0v) is 11.0. The summed E-state index contributed by atoms with van der Waals surface area (Å²) in [5.41, 5.74) is 8.29. The Balaban J connectivity index is 1.93. The first-order valence-corrected chi connectivity index (χ1v) is 6.71. The summed E-state index contributed by atoms with van der Waals surface area (Å²) in [6, 6.07) is 6.02. The number of aromatic nitrogens is 2. The molecular formula is C14H18N4O. The fraction of sp³-hybridized carbons (Fsp3) is 0.429. The fourth-order valence-corrected chi connectivity index (χ4v) is 2.29. The van der Waals surface area contributed by atoms with Crippen LogP contribution in [0.3, 0.4) is 0 Å². The van der Waals surface area contributed by atoms with Gasteiger partial charge in [0.2, 0.25) is 5.91 Å². The van der Waals surface area contributed by atoms with Crippen molar-refractivity contribution >= 4 is 22.6 Å². The van der Waals surface area contributed by atoms with Gasteiger partial charge in [-0.05, 0) is 31.0 Å². The molecule has 100 valence electrons. The zero-order valence-electron chi connectivity index (χ0n) is 11.0. The minimum absolute atomic E-state index is 0.0633. The van der Waals surface area contributed by atoms with Gasteiger partial charge in [-0.25, -0.2) is 4.98 Å². The number of hydrogen-bond donors (Lipinski definition) is 2. The molecule has 0 atom stereocenters. The number of benzene rings is 1. The Kier molecular flexibility index (Phi) is 2.89. The van der Waals surface area contributed by atoms with Gasteiger partial charge in [0.25, 0.3) is 0 Å². The highest BCUT2D eigenvalue weighted by Crippen LogP contribution is 2.21. The number of carbonyl (C=O) groups is 1. The molecule has 1 aromatic carbocycles. The van der Waals surface area contributed by atoms with Gasteiger partial charge in [-0.2, -0.15) is 0 Å². The fourth-order valence-electron chi connectivity index (χ4n) is 2.29. The SMILES string of the molecule is CCc1nc2cc(N)ccc2n1CC(=O)NC1CC1. The largest absolute Gasteiger partial charge is 0.399 e. The highest BCUT2D eigenvalue weighted by Gasteiger charge is 2.23. The molecule has 19 heavy (non-hydrogen) atoms. The molecule has 5 nitrogen and oxygen atoms in total. The van der Waals surface area contributed by atoms with Gasteiger partial charge in [-0.3, -0.25) is 4.79 Å². The number of carbonyl (C=O) groups excluding carboxylic acids is 1. The van der Waals surface area contributed by atoms with Crippen LogP contribution < -0.4 is 11.1 Å². The van der Waals surface area contributed by atoms with Crippen molar-refractivity contribution in [2.75, 3.05) is 5.73 Å². The molecule has 1 amide bonds. The molecule has 5 heteroatoms. The molecule has 1 saturated carbocycles. The van der Waals surface area contributed by atoms with E-state index in [1.54, 1.807) is 0 Å². The number of aryl methyl sites for hydroxylation is 1. The summed E-state index contributed by atoms with van der Waals surface area (Å²) in [5.74, 6) is 0.986. The third kappa shape index (κ3) is 2.41. The molecule has 0 aliphatic heterocycles. The van der Waals surface area contributed by atoms with Crippen LogP contribution in [0.15, 0.2) is 18.2 Å². The van der Waals surface area contributed by atoms with Crippen LogP contribution in [-0.2, 0) is 17.8 Å². The Morgan fingerprint density at radius 1 is 1.53 bits per heavy atom. The molecule has 0 saturated heterocycles. The van der Waals surface area contributed by atoms with E-state index in [1.165, 1.54) is 0 Å². The van der Waals surface area contributed by atoms with Crippen LogP contribution in [0.4, 0.5) is 5.69 Å². The van der Waals surface area contributed by atoms with Crippen molar-refractivity contribution in [2.45, 2.75) is 38.8 Å². The summed E-state index contributed by atoms with van der Waals surface area (Å²) < 4.78 is 1.98. The second-order valence-corrected chi connectivity index (χ2v) is 5.06. The number of fused-ring (bicyclic) bond motifs is 1. The lowest BCUT2D eigenvalue weighted by atomic mass is 10.3. The number of nitrogens with two attached hydrogens (primary N) is 1. The first-order chi connectivity index (χ1) is 9.17. The van der Waals surface area contributed by atoms with Gasteiger partial charge in [-0.1, -0.05) is 6.92 Å². The number of rotatable bonds is 4. The van der Waals surface area contributed by atoms with Crippen molar-refractivity contribution in [1.29, 1.82) is 0 Å². The average Bonchev–Trinajstić information content (AvgIpc) is 3.11. The van der Waals surface area contributed by atoms with Crippen LogP contribution >= 0.6 is 0 Å². The number of nitrogens with zero attached hydrogens (tertiary/aromatic N) is 2. The van der Waals surface area contributed by atoms with E-state index in [0.29, 0.717) is 18.3 Å². The summed E-state index contributed by atoms with van der Waals surface area (Å²) >= 11 is 0. The molecule has 1 aromatic heterocycles. The van der Waals surface area contributed by atoms with Crippen LogP contribution in [0.1, 0.15) is 25.6 Å². The van der Waals surface area contributed by atoms with Gasteiger partial charge in [0.1, 0.15) is 12.4 Å². The second kappa shape index (κ2) is 4.57. The first kappa shape index (κ1) is 12.0. The maximum Gasteiger partial charge on any atom is 0.240 e. The monoisotopic (exact) mass is 258 g/mol. The first-order valence-electron chi connectivity index (χ1n) is 6.71. The van der Waals surface area contributed by atoms with E-state index < -0.39 is 0 Å². The minimum Gasteiger partial charge on any atom is -0.399 e. The normalized spacial score (nSPS) is 14.8. The topological polar surface area (TPSA) is 72.9 Å². The Morgan fingerprint density at radius 3 is 3.00 bits per heavy atom. The summed E-state index contributed by atoms with van der Waals surface area (Å²) in [4.78, 5) is 16.5. The Bertz CT molecular complexity index is 628. The van der Waals surface area contributed by atoms with Gasteiger partial charge < -0.3 is 15.6 Å². The van der Waals surface area contributed by atoms with Crippen LogP contribution in [0.25, 0.3) is 11.0 Å². The standard InChI is InChI=1S/C14H18N4O/c1-2-13-17-11-7-9(15)3-6-12(11)18(13)8-14(19)16-10-4-5-10/h3,6-7,10H,2,4-5,8,15H2,1H3,(H,16,19). The van der Waals surface area contributed by atoms with E-state index in [4.69, 9.17) is 5.73 Å². The molecular weight excluding hydrogens is 240 g/mol. The molecule has 1 fully saturated rings. The number of nitrogens with one attached hydrogen (secondary N) is 1. The number of nitrogen functional groups attached to an aromatic ring is 1. The van der Waals surface area contributed by atoms with Crippen molar-refractivity contribution in [3.63, 3.8) is 0 Å². The highest BCUT2D eigenvalue weighted by molar-refractivity contribution is 5.83. The second-order valence-electron chi connectivity index (χ2n) is 5.06. The molecule has 3 rings (SSSR count). The van der Waals surface area contributed by atoms with Gasteiger partial charge in [0.15, 0.2) is 0 Å². The Hall–Kier alpha value is -2.04. The molecule has 2 aromatic rings. The lowest BCUT2D eigenvalue weighted by molar-refractivity contribution is -0.121. The molecule has 1 aliphatic rings. The van der Waals surface area contributed by atoms with Crippen molar-refractivity contribution < 1.29 is 4.79 Å².